The van der Waals surface area contributed by atoms with Crippen LogP contribution in [-0.4, -0.2) is 0 Å². The van der Waals surface area contributed by atoms with Crippen LogP contribution in [0.2, 0.25) is 0 Å². The molecule has 0 heterocycles. The van der Waals surface area contributed by atoms with Crippen molar-refractivity contribution in [1.29, 1.82) is 0 Å². The fourth-order valence-corrected chi connectivity index (χ4v) is 4.44. The summed E-state index contributed by atoms with van der Waals surface area (Å²) in [7, 11) is 0. The van der Waals surface area contributed by atoms with Gasteiger partial charge in [0.1, 0.15) is 0 Å². The zero-order chi connectivity index (χ0) is 19.8. The minimum Gasteiger partial charge on any atom is -0.0985 e. The first-order valence-electron chi connectivity index (χ1n) is 9.98. The van der Waals surface area contributed by atoms with Crippen LogP contribution in [-0.2, 0) is 6.42 Å². The second-order valence-electron chi connectivity index (χ2n) is 7.51. The van der Waals surface area contributed by atoms with E-state index in [1.807, 2.05) is 12.2 Å². The maximum Gasteiger partial charge on any atom is -0.000706 e. The summed E-state index contributed by atoms with van der Waals surface area (Å²) in [5, 5.41) is 0. The van der Waals surface area contributed by atoms with Gasteiger partial charge in [-0.05, 0) is 74.2 Å². The lowest BCUT2D eigenvalue weighted by molar-refractivity contribution is 1.26. The van der Waals surface area contributed by atoms with Gasteiger partial charge < -0.3 is 0 Å². The molecule has 138 valence electrons. The van der Waals surface area contributed by atoms with Crippen molar-refractivity contribution in [1.82, 2.24) is 0 Å². The second kappa shape index (κ2) is 7.07. The molecule has 0 aromatic heterocycles. The average molecular weight is 370 g/mol. The largest absolute Gasteiger partial charge is 0.0985 e. The first-order chi connectivity index (χ1) is 14.3. The molecule has 0 saturated heterocycles. The lowest BCUT2D eigenvalue weighted by atomic mass is 9.87. The lowest BCUT2D eigenvalue weighted by Gasteiger charge is -2.17. The molecule has 0 N–H and O–H groups in total. The van der Waals surface area contributed by atoms with Gasteiger partial charge in [-0.15, -0.1) is 0 Å². The quantitative estimate of drug-likeness (QED) is 0.302. The Bertz CT molecular complexity index is 1260. The van der Waals surface area contributed by atoms with Gasteiger partial charge in [0.05, 0.1) is 0 Å². The summed E-state index contributed by atoms with van der Waals surface area (Å²) in [4.78, 5) is 0. The fourth-order valence-electron chi connectivity index (χ4n) is 4.44. The molecular formula is C29H22. The maximum absolute atomic E-state index is 3.96. The van der Waals surface area contributed by atoms with Gasteiger partial charge in [-0.1, -0.05) is 98.1 Å². The van der Waals surface area contributed by atoms with Gasteiger partial charge in [-0.3, -0.25) is 0 Å². The molecule has 29 heavy (non-hydrogen) atoms. The summed E-state index contributed by atoms with van der Waals surface area (Å²) in [6.07, 6.45) is 4.79. The Labute approximate surface area is 172 Å². The molecule has 0 bridgehead atoms. The Morgan fingerprint density at radius 2 is 1.24 bits per heavy atom. The molecule has 1 aliphatic rings. The van der Waals surface area contributed by atoms with E-state index in [1.54, 1.807) is 0 Å². The summed E-state index contributed by atoms with van der Waals surface area (Å²) in [6, 6.07) is 30.6. The van der Waals surface area contributed by atoms with Gasteiger partial charge >= 0.3 is 0 Å². The van der Waals surface area contributed by atoms with Crippen molar-refractivity contribution in [2.75, 3.05) is 0 Å². The van der Waals surface area contributed by atoms with Crippen molar-refractivity contribution in [2.45, 2.75) is 6.42 Å². The van der Waals surface area contributed by atoms with Gasteiger partial charge in [0.25, 0.3) is 0 Å². The van der Waals surface area contributed by atoms with E-state index in [9.17, 15) is 0 Å². The van der Waals surface area contributed by atoms with Crippen molar-refractivity contribution in [3.8, 4) is 33.4 Å². The molecule has 0 amide bonds. The van der Waals surface area contributed by atoms with Crippen LogP contribution in [0.4, 0.5) is 0 Å². The highest BCUT2D eigenvalue weighted by atomic mass is 14.3. The Hall–Kier alpha value is -3.64. The van der Waals surface area contributed by atoms with Crippen molar-refractivity contribution >= 4 is 12.2 Å². The summed E-state index contributed by atoms with van der Waals surface area (Å²) in [5.41, 5.74) is 12.8. The molecule has 0 radical (unpaired) electrons. The minimum absolute atomic E-state index is 0.966. The number of rotatable bonds is 4. The monoisotopic (exact) mass is 370 g/mol. The lowest BCUT2D eigenvalue weighted by Crippen LogP contribution is -1.94. The summed E-state index contributed by atoms with van der Waals surface area (Å²) in [5.74, 6) is 0. The predicted octanol–water partition coefficient (Wildman–Crippen LogP) is 7.88. The van der Waals surface area contributed by atoms with Crippen LogP contribution in [0.3, 0.4) is 0 Å². The molecule has 4 aromatic rings. The maximum atomic E-state index is 3.96. The third-order valence-corrected chi connectivity index (χ3v) is 5.83. The molecule has 0 fully saturated rings. The first kappa shape index (κ1) is 17.5. The van der Waals surface area contributed by atoms with E-state index in [1.165, 1.54) is 44.5 Å². The Morgan fingerprint density at radius 3 is 2.00 bits per heavy atom. The highest BCUT2D eigenvalue weighted by molar-refractivity contribution is 5.94. The Kier molecular flexibility index (Phi) is 4.26. The van der Waals surface area contributed by atoms with E-state index in [-0.39, 0.29) is 0 Å². The number of hydrogen-bond donors (Lipinski definition) is 0. The van der Waals surface area contributed by atoms with E-state index in [0.717, 1.165) is 17.5 Å². The zero-order valence-corrected chi connectivity index (χ0v) is 16.4. The van der Waals surface area contributed by atoms with Crippen molar-refractivity contribution < 1.29 is 0 Å². The molecule has 0 saturated carbocycles. The zero-order valence-electron chi connectivity index (χ0n) is 16.4. The molecule has 5 rings (SSSR count). The smallest absolute Gasteiger partial charge is 0.000706 e. The summed E-state index contributed by atoms with van der Waals surface area (Å²) < 4.78 is 0. The highest BCUT2D eigenvalue weighted by Gasteiger charge is 2.24. The molecule has 0 heteroatoms. The van der Waals surface area contributed by atoms with E-state index in [2.05, 4.69) is 98.1 Å². The average Bonchev–Trinajstić information content (AvgIpc) is 3.17. The molecule has 0 spiro atoms. The van der Waals surface area contributed by atoms with Crippen LogP contribution >= 0.6 is 0 Å². The van der Waals surface area contributed by atoms with Crippen molar-refractivity contribution in [3.63, 3.8) is 0 Å². The third-order valence-electron chi connectivity index (χ3n) is 5.83. The molecule has 0 nitrogen and oxygen atoms in total. The van der Waals surface area contributed by atoms with Gasteiger partial charge in [0, 0.05) is 0 Å². The van der Waals surface area contributed by atoms with Crippen molar-refractivity contribution in [3.05, 3.63) is 120 Å². The summed E-state index contributed by atoms with van der Waals surface area (Å²) >= 11 is 0. The SMILES string of the molecule is C=Cc1cccc(-c2ccc3c(c2-c2cccc(C=C)c2)Cc2ccccc2-3)c1. The van der Waals surface area contributed by atoms with Gasteiger partial charge in [0.2, 0.25) is 0 Å². The van der Waals surface area contributed by atoms with Crippen LogP contribution in [0.5, 0.6) is 0 Å². The van der Waals surface area contributed by atoms with Crippen LogP contribution in [0.1, 0.15) is 22.3 Å². The first-order valence-corrected chi connectivity index (χ1v) is 9.98. The molecule has 1 aliphatic carbocycles. The van der Waals surface area contributed by atoms with Crippen LogP contribution in [0, 0.1) is 0 Å². The normalized spacial score (nSPS) is 11.6. The number of benzene rings is 4. The van der Waals surface area contributed by atoms with Crippen LogP contribution < -0.4 is 0 Å². The van der Waals surface area contributed by atoms with Gasteiger partial charge in [-0.25, -0.2) is 0 Å². The van der Waals surface area contributed by atoms with E-state index in [0.29, 0.717) is 0 Å². The molecule has 0 unspecified atom stereocenters. The van der Waals surface area contributed by atoms with Crippen molar-refractivity contribution in [2.24, 2.45) is 0 Å². The topological polar surface area (TPSA) is 0 Å². The highest BCUT2D eigenvalue weighted by Crippen LogP contribution is 2.46. The number of fused-ring (bicyclic) bond motifs is 3. The van der Waals surface area contributed by atoms with Gasteiger partial charge in [-0.2, -0.15) is 0 Å². The number of hydrogen-bond acceptors (Lipinski definition) is 0. The molecule has 0 aliphatic heterocycles. The third kappa shape index (κ3) is 2.94. The molecule has 4 aromatic carbocycles. The van der Waals surface area contributed by atoms with E-state index >= 15 is 0 Å². The Morgan fingerprint density at radius 1 is 0.586 bits per heavy atom. The van der Waals surface area contributed by atoms with Crippen LogP contribution in [0.15, 0.2) is 98.1 Å². The molecular weight excluding hydrogens is 348 g/mol. The molecule has 0 atom stereocenters. The predicted molar refractivity (Wildman–Crippen MR) is 126 cm³/mol. The van der Waals surface area contributed by atoms with E-state index in [4.69, 9.17) is 0 Å². The van der Waals surface area contributed by atoms with E-state index < -0.39 is 0 Å². The van der Waals surface area contributed by atoms with Gasteiger partial charge in [0.15, 0.2) is 0 Å². The Balaban J connectivity index is 1.81. The summed E-state index contributed by atoms with van der Waals surface area (Å²) in [6.45, 7) is 7.91. The minimum atomic E-state index is 0.966. The standard InChI is InChI=1S/C29H22/c1-3-20-9-7-12-22(17-20)26-15-16-27-25-14-6-5-11-23(25)19-28(27)29(26)24-13-8-10-21(4-2)18-24/h3-18H,1-2,19H2. The second-order valence-corrected chi connectivity index (χ2v) is 7.51. The fraction of sp³-hybridized carbons (Fsp3) is 0.0345. The van der Waals surface area contributed by atoms with Crippen LogP contribution in [0.25, 0.3) is 45.5 Å².